The fraction of sp³-hybridized carbons (Fsp3) is 0.647. The summed E-state index contributed by atoms with van der Waals surface area (Å²) >= 11 is 0. The summed E-state index contributed by atoms with van der Waals surface area (Å²) in [5.41, 5.74) is 1.08. The summed E-state index contributed by atoms with van der Waals surface area (Å²) in [6.07, 6.45) is 2.93. The third-order valence-electron chi connectivity index (χ3n) is 3.92. The number of pyridine rings is 1. The second-order valence-corrected chi connectivity index (χ2v) is 5.86. The molecule has 1 fully saturated rings. The van der Waals surface area contributed by atoms with E-state index in [1.54, 1.807) is 14.2 Å². The minimum absolute atomic E-state index is 0.503. The Morgan fingerprint density at radius 2 is 2.33 bits per heavy atom. The first-order valence-electron chi connectivity index (χ1n) is 8.29. The van der Waals surface area contributed by atoms with Crippen molar-refractivity contribution in [1.82, 2.24) is 15.2 Å². The Morgan fingerprint density at radius 1 is 1.46 bits per heavy atom. The summed E-state index contributed by atoms with van der Waals surface area (Å²) in [7, 11) is 5.50. The lowest BCUT2D eigenvalue weighted by atomic mass is 10.1. The van der Waals surface area contributed by atoms with Gasteiger partial charge < -0.3 is 24.4 Å². The first kappa shape index (κ1) is 18.5. The molecule has 1 aromatic heterocycles. The molecule has 7 heteroatoms. The Labute approximate surface area is 144 Å². The normalized spacial score (nSPS) is 17.8. The van der Waals surface area contributed by atoms with Crippen LogP contribution < -0.4 is 10.1 Å². The lowest BCUT2D eigenvalue weighted by Crippen LogP contribution is -2.41. The molecular formula is C17H28N4O3. The minimum atomic E-state index is 0.503. The molecule has 0 aromatic carbocycles. The van der Waals surface area contributed by atoms with E-state index in [1.165, 1.54) is 0 Å². The van der Waals surface area contributed by atoms with Gasteiger partial charge in [0.25, 0.3) is 0 Å². The predicted molar refractivity (Wildman–Crippen MR) is 93.4 cm³/mol. The Hall–Kier alpha value is -1.86. The van der Waals surface area contributed by atoms with Crippen molar-refractivity contribution >= 4 is 5.96 Å². The van der Waals surface area contributed by atoms with E-state index in [1.807, 2.05) is 18.3 Å². The number of nitrogens with zero attached hydrogens (tertiary/aromatic N) is 3. The SMILES string of the molecule is CN=C(NCc1ccc(OCCOC)nc1)N(C)CC1CCOC1. The van der Waals surface area contributed by atoms with Crippen molar-refractivity contribution in [1.29, 1.82) is 0 Å². The van der Waals surface area contributed by atoms with Gasteiger partial charge in [-0.3, -0.25) is 4.99 Å². The van der Waals surface area contributed by atoms with Crippen molar-refractivity contribution in [2.24, 2.45) is 10.9 Å². The summed E-state index contributed by atoms with van der Waals surface area (Å²) in [6, 6.07) is 3.87. The van der Waals surface area contributed by atoms with Crippen LogP contribution in [0, 0.1) is 5.92 Å². The van der Waals surface area contributed by atoms with E-state index >= 15 is 0 Å². The number of guanidine groups is 1. The van der Waals surface area contributed by atoms with Crippen LogP contribution >= 0.6 is 0 Å². The van der Waals surface area contributed by atoms with Crippen molar-refractivity contribution in [2.45, 2.75) is 13.0 Å². The molecule has 0 amide bonds. The predicted octanol–water partition coefficient (Wildman–Crippen LogP) is 1.15. The molecular weight excluding hydrogens is 308 g/mol. The maximum Gasteiger partial charge on any atom is 0.213 e. The van der Waals surface area contributed by atoms with Crippen LogP contribution in [-0.2, 0) is 16.0 Å². The summed E-state index contributed by atoms with van der Waals surface area (Å²) < 4.78 is 15.8. The lowest BCUT2D eigenvalue weighted by molar-refractivity contribution is 0.143. The third-order valence-corrected chi connectivity index (χ3v) is 3.92. The van der Waals surface area contributed by atoms with Crippen LogP contribution in [0.25, 0.3) is 0 Å². The molecule has 1 unspecified atom stereocenters. The molecule has 1 N–H and O–H groups in total. The number of nitrogens with one attached hydrogen (secondary N) is 1. The van der Waals surface area contributed by atoms with Crippen LogP contribution in [0.1, 0.15) is 12.0 Å². The summed E-state index contributed by atoms with van der Waals surface area (Å²) in [4.78, 5) is 10.8. The number of hydrogen-bond donors (Lipinski definition) is 1. The van der Waals surface area contributed by atoms with Crippen LogP contribution in [0.15, 0.2) is 23.3 Å². The molecule has 7 nitrogen and oxygen atoms in total. The number of aliphatic imine (C=N–C) groups is 1. The summed E-state index contributed by atoms with van der Waals surface area (Å²) in [5.74, 6) is 2.07. The zero-order chi connectivity index (χ0) is 17.2. The topological polar surface area (TPSA) is 68.2 Å². The van der Waals surface area contributed by atoms with Gasteiger partial charge in [0.2, 0.25) is 5.88 Å². The molecule has 2 rings (SSSR count). The van der Waals surface area contributed by atoms with Gasteiger partial charge >= 0.3 is 0 Å². The monoisotopic (exact) mass is 336 g/mol. The molecule has 0 aliphatic carbocycles. The number of methoxy groups -OCH3 is 1. The molecule has 134 valence electrons. The van der Waals surface area contributed by atoms with E-state index in [0.717, 1.165) is 37.7 Å². The van der Waals surface area contributed by atoms with Crippen molar-refractivity contribution in [2.75, 3.05) is 54.2 Å². The fourth-order valence-electron chi connectivity index (χ4n) is 2.60. The maximum atomic E-state index is 5.46. The molecule has 0 spiro atoms. The summed E-state index contributed by atoms with van der Waals surface area (Å²) in [6.45, 7) is 4.39. The van der Waals surface area contributed by atoms with Crippen molar-refractivity contribution in [3.05, 3.63) is 23.9 Å². The molecule has 0 radical (unpaired) electrons. The highest BCUT2D eigenvalue weighted by molar-refractivity contribution is 5.79. The lowest BCUT2D eigenvalue weighted by Gasteiger charge is -2.24. The van der Waals surface area contributed by atoms with Crippen LogP contribution in [0.4, 0.5) is 0 Å². The van der Waals surface area contributed by atoms with Crippen molar-refractivity contribution in [3.8, 4) is 5.88 Å². The van der Waals surface area contributed by atoms with Gasteiger partial charge in [0.05, 0.1) is 13.2 Å². The minimum Gasteiger partial charge on any atom is -0.475 e. The first-order chi connectivity index (χ1) is 11.7. The zero-order valence-electron chi connectivity index (χ0n) is 14.8. The molecule has 0 saturated carbocycles. The third kappa shape index (κ3) is 5.98. The number of aromatic nitrogens is 1. The van der Waals surface area contributed by atoms with Crippen molar-refractivity contribution in [3.63, 3.8) is 0 Å². The number of hydrogen-bond acceptors (Lipinski definition) is 5. The second-order valence-electron chi connectivity index (χ2n) is 5.86. The highest BCUT2D eigenvalue weighted by Gasteiger charge is 2.18. The van der Waals surface area contributed by atoms with Gasteiger partial charge in [-0.25, -0.2) is 4.98 Å². The molecule has 1 atom stereocenters. The molecule has 2 heterocycles. The molecule has 0 bridgehead atoms. The standard InChI is InChI=1S/C17H28N4O3/c1-18-17(21(2)12-15-6-7-23-13-15)20-11-14-4-5-16(19-10-14)24-9-8-22-3/h4-5,10,15H,6-9,11-13H2,1-3H3,(H,18,20). The van der Waals surface area contributed by atoms with Gasteiger partial charge in [-0.05, 0) is 12.0 Å². The van der Waals surface area contributed by atoms with E-state index in [4.69, 9.17) is 14.2 Å². The molecule has 1 aliphatic heterocycles. The number of rotatable bonds is 8. The maximum absolute atomic E-state index is 5.46. The van der Waals surface area contributed by atoms with E-state index in [2.05, 4.69) is 27.2 Å². The fourth-order valence-corrected chi connectivity index (χ4v) is 2.60. The van der Waals surface area contributed by atoms with Gasteiger partial charge in [0, 0.05) is 59.1 Å². The van der Waals surface area contributed by atoms with Crippen LogP contribution in [0.5, 0.6) is 5.88 Å². The van der Waals surface area contributed by atoms with Gasteiger partial charge in [-0.1, -0.05) is 6.07 Å². The van der Waals surface area contributed by atoms with Crippen molar-refractivity contribution < 1.29 is 14.2 Å². The Kier molecular flexibility index (Phi) is 7.77. The number of ether oxygens (including phenoxy) is 3. The smallest absolute Gasteiger partial charge is 0.213 e. The van der Waals surface area contributed by atoms with Gasteiger partial charge in [0.15, 0.2) is 5.96 Å². The van der Waals surface area contributed by atoms with Gasteiger partial charge in [-0.15, -0.1) is 0 Å². The largest absolute Gasteiger partial charge is 0.475 e. The first-order valence-corrected chi connectivity index (χ1v) is 8.29. The summed E-state index contributed by atoms with van der Waals surface area (Å²) in [5, 5.41) is 3.37. The molecule has 1 aliphatic rings. The van der Waals surface area contributed by atoms with E-state index in [-0.39, 0.29) is 0 Å². The average molecular weight is 336 g/mol. The average Bonchev–Trinajstić information content (AvgIpc) is 3.10. The highest BCUT2D eigenvalue weighted by atomic mass is 16.5. The van der Waals surface area contributed by atoms with Gasteiger partial charge in [0.1, 0.15) is 6.61 Å². The zero-order valence-corrected chi connectivity index (χ0v) is 14.8. The van der Waals surface area contributed by atoms with Crippen LogP contribution in [0.2, 0.25) is 0 Å². The van der Waals surface area contributed by atoms with Gasteiger partial charge in [-0.2, -0.15) is 0 Å². The van der Waals surface area contributed by atoms with Crippen LogP contribution in [0.3, 0.4) is 0 Å². The second kappa shape index (κ2) is 10.1. The Bertz CT molecular complexity index is 501. The Morgan fingerprint density at radius 3 is 2.96 bits per heavy atom. The quantitative estimate of drug-likeness (QED) is 0.436. The Balaban J connectivity index is 1.77. The molecule has 1 aromatic rings. The van der Waals surface area contributed by atoms with E-state index in [9.17, 15) is 0 Å². The highest BCUT2D eigenvalue weighted by Crippen LogP contribution is 2.13. The van der Waals surface area contributed by atoms with E-state index < -0.39 is 0 Å². The van der Waals surface area contributed by atoms with Crippen LogP contribution in [-0.4, -0.2) is 70.0 Å². The molecule has 24 heavy (non-hydrogen) atoms. The van der Waals surface area contributed by atoms with E-state index in [0.29, 0.717) is 31.6 Å². The molecule has 1 saturated heterocycles.